The van der Waals surface area contributed by atoms with E-state index in [0.717, 1.165) is 5.56 Å². The van der Waals surface area contributed by atoms with Crippen molar-refractivity contribution in [3.8, 4) is 0 Å². The summed E-state index contributed by atoms with van der Waals surface area (Å²) in [6.07, 6.45) is 0.520. The Morgan fingerprint density at radius 1 is 1.27 bits per heavy atom. The minimum atomic E-state index is -0.664. The van der Waals surface area contributed by atoms with Crippen LogP contribution >= 0.6 is 0 Å². The molecule has 1 aromatic rings. The number of carbonyl (C=O) groups excluding carboxylic acids is 3. The molecular formula is C16H17FN2O3. The summed E-state index contributed by atoms with van der Waals surface area (Å²) in [6, 6.07) is 2.31. The van der Waals surface area contributed by atoms with Crippen molar-refractivity contribution in [2.75, 3.05) is 0 Å². The molecule has 0 unspecified atom stereocenters. The summed E-state index contributed by atoms with van der Waals surface area (Å²) in [5, 5.41) is 2.25. The van der Waals surface area contributed by atoms with Crippen molar-refractivity contribution < 1.29 is 18.8 Å². The lowest BCUT2D eigenvalue weighted by atomic mass is 9.98. The van der Waals surface area contributed by atoms with Crippen LogP contribution in [0.3, 0.4) is 0 Å². The fraction of sp³-hybridized carbons (Fsp3) is 0.438. The van der Waals surface area contributed by atoms with Crippen molar-refractivity contribution in [2.24, 2.45) is 0 Å². The number of hydrogen-bond donors (Lipinski definition) is 1. The zero-order valence-corrected chi connectivity index (χ0v) is 12.5. The predicted molar refractivity (Wildman–Crippen MR) is 76.5 cm³/mol. The number of nitrogens with zero attached hydrogens (tertiary/aromatic N) is 1. The standard InChI is InChI=1S/C16H17FN2O3/c1-8(2)10-5-9-7-19(16(22)11(9)6-12(10)17)13-3-4-14(20)18-15(13)21/h5-6,8,13H,3-4,7H2,1-2H3,(H,18,20,21)/t13-/m1/s1. The van der Waals surface area contributed by atoms with Crippen LogP contribution in [-0.4, -0.2) is 28.7 Å². The molecule has 22 heavy (non-hydrogen) atoms. The topological polar surface area (TPSA) is 66.5 Å². The highest BCUT2D eigenvalue weighted by Gasteiger charge is 2.39. The van der Waals surface area contributed by atoms with E-state index in [2.05, 4.69) is 5.32 Å². The van der Waals surface area contributed by atoms with E-state index in [1.165, 1.54) is 11.0 Å². The average molecular weight is 304 g/mol. The zero-order valence-electron chi connectivity index (χ0n) is 12.5. The molecule has 116 valence electrons. The Morgan fingerprint density at radius 3 is 2.64 bits per heavy atom. The molecule has 1 N–H and O–H groups in total. The molecule has 5 nitrogen and oxygen atoms in total. The maximum Gasteiger partial charge on any atom is 0.255 e. The number of nitrogens with one attached hydrogen (secondary N) is 1. The smallest absolute Gasteiger partial charge is 0.255 e. The Morgan fingerprint density at radius 2 is 2.00 bits per heavy atom. The summed E-state index contributed by atoms with van der Waals surface area (Å²) in [6.45, 7) is 4.06. The van der Waals surface area contributed by atoms with Gasteiger partial charge in [0.1, 0.15) is 11.9 Å². The van der Waals surface area contributed by atoms with E-state index < -0.39 is 17.8 Å². The molecule has 2 aliphatic heterocycles. The van der Waals surface area contributed by atoms with E-state index in [-0.39, 0.29) is 30.7 Å². The Labute approximate surface area is 127 Å². The molecule has 1 aromatic carbocycles. The molecule has 0 aliphatic carbocycles. The lowest BCUT2D eigenvalue weighted by molar-refractivity contribution is -0.136. The highest BCUT2D eigenvalue weighted by molar-refractivity contribution is 6.05. The number of piperidine rings is 1. The van der Waals surface area contributed by atoms with Gasteiger partial charge in [-0.3, -0.25) is 19.7 Å². The average Bonchev–Trinajstić information content (AvgIpc) is 2.75. The summed E-state index contributed by atoms with van der Waals surface area (Å²) in [5.74, 6) is -1.50. The van der Waals surface area contributed by atoms with Crippen molar-refractivity contribution in [2.45, 2.75) is 45.2 Å². The second-order valence-electron chi connectivity index (χ2n) is 6.09. The molecule has 1 fully saturated rings. The number of fused-ring (bicyclic) bond motifs is 1. The molecule has 2 heterocycles. The second kappa shape index (κ2) is 5.19. The van der Waals surface area contributed by atoms with E-state index in [1.54, 1.807) is 6.07 Å². The Balaban J connectivity index is 1.91. The van der Waals surface area contributed by atoms with Gasteiger partial charge in [0.25, 0.3) is 5.91 Å². The molecule has 1 saturated heterocycles. The fourth-order valence-electron chi connectivity index (χ4n) is 3.05. The van der Waals surface area contributed by atoms with Gasteiger partial charge in [0.2, 0.25) is 11.8 Å². The molecule has 0 aromatic heterocycles. The number of imide groups is 1. The van der Waals surface area contributed by atoms with Gasteiger partial charge >= 0.3 is 0 Å². The van der Waals surface area contributed by atoms with Crippen LogP contribution in [0.15, 0.2) is 12.1 Å². The third-order valence-corrected chi connectivity index (χ3v) is 4.26. The highest BCUT2D eigenvalue weighted by Crippen LogP contribution is 2.31. The van der Waals surface area contributed by atoms with E-state index in [0.29, 0.717) is 17.5 Å². The number of carbonyl (C=O) groups is 3. The quantitative estimate of drug-likeness (QED) is 0.846. The zero-order chi connectivity index (χ0) is 16.0. The van der Waals surface area contributed by atoms with Gasteiger partial charge in [-0.1, -0.05) is 19.9 Å². The molecule has 1 atom stereocenters. The Kier molecular flexibility index (Phi) is 3.47. The van der Waals surface area contributed by atoms with Gasteiger partial charge in [0.15, 0.2) is 0 Å². The number of amides is 3. The molecule has 6 heteroatoms. The molecular weight excluding hydrogens is 287 g/mol. The van der Waals surface area contributed by atoms with Crippen LogP contribution in [0.2, 0.25) is 0 Å². The van der Waals surface area contributed by atoms with Crippen LogP contribution in [0, 0.1) is 5.82 Å². The van der Waals surface area contributed by atoms with Gasteiger partial charge < -0.3 is 4.90 Å². The lowest BCUT2D eigenvalue weighted by Gasteiger charge is -2.29. The van der Waals surface area contributed by atoms with Crippen LogP contribution in [0.5, 0.6) is 0 Å². The first-order chi connectivity index (χ1) is 10.4. The van der Waals surface area contributed by atoms with E-state index >= 15 is 0 Å². The minimum absolute atomic E-state index is 0.0186. The van der Waals surface area contributed by atoms with Crippen LogP contribution in [-0.2, 0) is 16.1 Å². The first-order valence-electron chi connectivity index (χ1n) is 7.35. The molecule has 0 spiro atoms. The van der Waals surface area contributed by atoms with Crippen LogP contribution < -0.4 is 5.32 Å². The minimum Gasteiger partial charge on any atom is -0.322 e. The number of rotatable bonds is 2. The van der Waals surface area contributed by atoms with Crippen molar-refractivity contribution in [1.29, 1.82) is 0 Å². The van der Waals surface area contributed by atoms with Gasteiger partial charge in [-0.2, -0.15) is 0 Å². The normalized spacial score (nSPS) is 21.4. The first kappa shape index (κ1) is 14.7. The molecule has 2 aliphatic rings. The third kappa shape index (κ3) is 2.28. The molecule has 0 radical (unpaired) electrons. The summed E-state index contributed by atoms with van der Waals surface area (Å²) in [7, 11) is 0. The third-order valence-electron chi connectivity index (χ3n) is 4.26. The van der Waals surface area contributed by atoms with Gasteiger partial charge in [-0.25, -0.2) is 4.39 Å². The highest BCUT2D eigenvalue weighted by atomic mass is 19.1. The molecule has 3 amide bonds. The fourth-order valence-corrected chi connectivity index (χ4v) is 3.05. The SMILES string of the molecule is CC(C)c1cc2c(cc1F)C(=O)N([C@@H]1CCC(=O)NC1=O)C2. The Bertz CT molecular complexity index is 684. The number of halogens is 1. The second-order valence-corrected chi connectivity index (χ2v) is 6.09. The van der Waals surface area contributed by atoms with Crippen molar-refractivity contribution in [3.63, 3.8) is 0 Å². The first-order valence-corrected chi connectivity index (χ1v) is 7.35. The molecule has 3 rings (SSSR count). The summed E-state index contributed by atoms with van der Waals surface area (Å²) in [4.78, 5) is 37.0. The van der Waals surface area contributed by atoms with Crippen LogP contribution in [0.1, 0.15) is 54.1 Å². The van der Waals surface area contributed by atoms with Crippen molar-refractivity contribution in [3.05, 3.63) is 34.6 Å². The van der Waals surface area contributed by atoms with Gasteiger partial charge in [0.05, 0.1) is 0 Å². The van der Waals surface area contributed by atoms with Gasteiger partial charge in [-0.05, 0) is 29.5 Å². The maximum atomic E-state index is 14.1. The van der Waals surface area contributed by atoms with E-state index in [9.17, 15) is 18.8 Å². The lowest BCUT2D eigenvalue weighted by Crippen LogP contribution is -2.52. The van der Waals surface area contributed by atoms with Gasteiger partial charge in [0, 0.05) is 18.5 Å². The number of hydrogen-bond acceptors (Lipinski definition) is 3. The monoisotopic (exact) mass is 304 g/mol. The van der Waals surface area contributed by atoms with Crippen molar-refractivity contribution in [1.82, 2.24) is 10.2 Å². The van der Waals surface area contributed by atoms with E-state index in [4.69, 9.17) is 0 Å². The molecule has 0 saturated carbocycles. The van der Waals surface area contributed by atoms with Crippen LogP contribution in [0.4, 0.5) is 4.39 Å². The Hall–Kier alpha value is -2.24. The summed E-state index contributed by atoms with van der Waals surface area (Å²) in [5.41, 5.74) is 1.61. The van der Waals surface area contributed by atoms with Crippen LogP contribution in [0.25, 0.3) is 0 Å². The summed E-state index contributed by atoms with van der Waals surface area (Å²) < 4.78 is 14.1. The predicted octanol–water partition coefficient (Wildman–Crippen LogP) is 1.71. The van der Waals surface area contributed by atoms with E-state index in [1.807, 2.05) is 13.8 Å². The largest absolute Gasteiger partial charge is 0.322 e. The summed E-state index contributed by atoms with van der Waals surface area (Å²) >= 11 is 0. The number of benzene rings is 1. The maximum absolute atomic E-state index is 14.1. The van der Waals surface area contributed by atoms with Crippen molar-refractivity contribution >= 4 is 17.7 Å². The molecule has 0 bridgehead atoms. The van der Waals surface area contributed by atoms with Gasteiger partial charge in [-0.15, -0.1) is 0 Å².